The molecule has 0 saturated carbocycles. The maximum absolute atomic E-state index is 11.8. The van der Waals surface area contributed by atoms with Crippen molar-refractivity contribution in [3.8, 4) is 11.3 Å². The SMILES string of the molecule is CCC(C)(C)C(=O)C=C(O)C(C)(C)CC.Cc1[c-]c(-c2ncnc3c2ccc2cccc(C(C)C)c23)cc(C(C)(C)C)c1.[Ir]. The Kier molecular flexibility index (Phi) is 12.3. The van der Waals surface area contributed by atoms with Gasteiger partial charge in [0.15, 0.2) is 5.78 Å². The molecule has 4 rings (SSSR count). The zero-order valence-electron chi connectivity index (χ0n) is 28.8. The second-order valence-corrected chi connectivity index (χ2v) is 14.4. The van der Waals surface area contributed by atoms with E-state index in [1.165, 1.54) is 28.0 Å². The summed E-state index contributed by atoms with van der Waals surface area (Å²) in [5.74, 6) is 0.631. The molecule has 1 aromatic heterocycles. The minimum atomic E-state index is -0.377. The van der Waals surface area contributed by atoms with E-state index in [-0.39, 0.29) is 47.9 Å². The Morgan fingerprint density at radius 2 is 1.57 bits per heavy atom. The van der Waals surface area contributed by atoms with E-state index >= 15 is 0 Å². The Bertz CT molecular complexity index is 1640. The maximum atomic E-state index is 11.8. The number of aromatic nitrogens is 2. The molecular weight excluding hydrogens is 721 g/mol. The van der Waals surface area contributed by atoms with Gasteiger partial charge in [0.25, 0.3) is 0 Å². The number of aryl methyl sites for hydroxylation is 1. The first-order valence-electron chi connectivity index (χ1n) is 15.6. The van der Waals surface area contributed by atoms with E-state index < -0.39 is 0 Å². The molecule has 44 heavy (non-hydrogen) atoms. The Hall–Kier alpha value is -2.88. The molecule has 1 N–H and O–H groups in total. The summed E-state index contributed by atoms with van der Waals surface area (Å²) in [6.07, 6.45) is 4.69. The number of allylic oxidation sites excluding steroid dienone is 2. The van der Waals surface area contributed by atoms with Gasteiger partial charge < -0.3 is 5.11 Å². The molecule has 4 nitrogen and oxygen atoms in total. The van der Waals surface area contributed by atoms with E-state index in [9.17, 15) is 9.90 Å². The summed E-state index contributed by atoms with van der Waals surface area (Å²) in [6.45, 7) is 25.0. The number of carbonyl (C=O) groups excluding carboxylic acids is 1. The zero-order valence-corrected chi connectivity index (χ0v) is 31.2. The van der Waals surface area contributed by atoms with Crippen molar-refractivity contribution in [2.24, 2.45) is 10.8 Å². The number of ketones is 1. The van der Waals surface area contributed by atoms with Crippen molar-refractivity contribution in [3.63, 3.8) is 0 Å². The van der Waals surface area contributed by atoms with Crippen molar-refractivity contribution in [3.05, 3.63) is 83.4 Å². The van der Waals surface area contributed by atoms with Crippen LogP contribution in [0.5, 0.6) is 0 Å². The molecule has 0 spiro atoms. The van der Waals surface area contributed by atoms with Gasteiger partial charge in [0, 0.05) is 42.4 Å². The largest absolute Gasteiger partial charge is 0.512 e. The molecule has 0 atom stereocenters. The molecule has 239 valence electrons. The van der Waals surface area contributed by atoms with Crippen molar-refractivity contribution in [1.82, 2.24) is 9.97 Å². The van der Waals surface area contributed by atoms with Crippen LogP contribution in [0.2, 0.25) is 0 Å². The fourth-order valence-corrected chi connectivity index (χ4v) is 4.77. The van der Waals surface area contributed by atoms with Gasteiger partial charge in [-0.1, -0.05) is 113 Å². The number of hydrogen-bond donors (Lipinski definition) is 1. The number of rotatable bonds is 7. The molecule has 0 amide bonds. The zero-order chi connectivity index (χ0) is 32.3. The molecule has 4 aromatic rings. The molecule has 5 heteroatoms. The van der Waals surface area contributed by atoms with Crippen LogP contribution < -0.4 is 0 Å². The van der Waals surface area contributed by atoms with E-state index in [2.05, 4.69) is 95.1 Å². The van der Waals surface area contributed by atoms with Crippen LogP contribution >= 0.6 is 0 Å². The third-order valence-electron chi connectivity index (χ3n) is 8.82. The number of aliphatic hydroxyl groups excluding tert-OH is 1. The number of carbonyl (C=O) groups is 1. The van der Waals surface area contributed by atoms with E-state index in [1.807, 2.05) is 41.5 Å². The van der Waals surface area contributed by atoms with E-state index in [4.69, 9.17) is 4.98 Å². The average Bonchev–Trinajstić information content (AvgIpc) is 2.95. The normalized spacial score (nSPS) is 12.6. The van der Waals surface area contributed by atoms with Gasteiger partial charge in [0.2, 0.25) is 0 Å². The monoisotopic (exact) mass is 772 g/mol. The number of nitrogens with zero attached hydrogens (tertiary/aromatic N) is 2. The molecule has 0 unspecified atom stereocenters. The van der Waals surface area contributed by atoms with Crippen molar-refractivity contribution in [2.45, 2.75) is 107 Å². The van der Waals surface area contributed by atoms with E-state index in [0.717, 1.165) is 40.6 Å². The number of aliphatic hydroxyl groups is 1. The smallest absolute Gasteiger partial charge is 0.164 e. The third kappa shape index (κ3) is 8.43. The van der Waals surface area contributed by atoms with E-state index in [0.29, 0.717) is 5.92 Å². The summed E-state index contributed by atoms with van der Waals surface area (Å²) in [7, 11) is 0. The van der Waals surface area contributed by atoms with Crippen LogP contribution in [0.1, 0.15) is 112 Å². The van der Waals surface area contributed by atoms with Gasteiger partial charge in [0.05, 0.1) is 5.52 Å². The molecule has 0 aliphatic rings. The van der Waals surface area contributed by atoms with Crippen molar-refractivity contribution in [2.75, 3.05) is 0 Å². The Balaban J connectivity index is 0.000000363. The average molecular weight is 772 g/mol. The van der Waals surface area contributed by atoms with Crippen LogP contribution in [0.4, 0.5) is 0 Å². The molecule has 0 fully saturated rings. The first kappa shape index (κ1) is 37.3. The quantitative estimate of drug-likeness (QED) is 0.0880. The van der Waals surface area contributed by atoms with Gasteiger partial charge in [-0.2, -0.15) is 0 Å². The maximum Gasteiger partial charge on any atom is 0.164 e. The summed E-state index contributed by atoms with van der Waals surface area (Å²) in [5, 5.41) is 13.4. The molecule has 0 saturated heterocycles. The van der Waals surface area contributed by atoms with Gasteiger partial charge in [-0.05, 0) is 46.2 Å². The summed E-state index contributed by atoms with van der Waals surface area (Å²) in [5.41, 5.74) is 6.19. The predicted molar refractivity (Wildman–Crippen MR) is 183 cm³/mol. The molecule has 1 heterocycles. The van der Waals surface area contributed by atoms with Gasteiger partial charge in [-0.15, -0.1) is 34.9 Å². The van der Waals surface area contributed by atoms with Crippen LogP contribution in [0.15, 0.2) is 60.6 Å². The van der Waals surface area contributed by atoms with Crippen molar-refractivity contribution >= 4 is 27.5 Å². The van der Waals surface area contributed by atoms with Gasteiger partial charge in [-0.25, -0.2) is 4.98 Å². The van der Waals surface area contributed by atoms with Crippen LogP contribution in [0.3, 0.4) is 0 Å². The summed E-state index contributed by atoms with van der Waals surface area (Å²) in [4.78, 5) is 21.2. The fraction of sp³-hybridized carbons (Fsp3) is 0.462. The van der Waals surface area contributed by atoms with Gasteiger partial charge in [-0.3, -0.25) is 9.78 Å². The molecule has 0 aliphatic heterocycles. The first-order chi connectivity index (χ1) is 19.9. The van der Waals surface area contributed by atoms with Gasteiger partial charge >= 0.3 is 0 Å². The standard InChI is InChI=1S/C26H27N2.C13H24O2.Ir/c1-16(2)21-9-7-8-18-10-11-22-24(27-15-28-25(22)23(18)21)19-12-17(3)13-20(14-19)26(4,5)6;1-7-12(3,4)10(14)9-11(15)13(5,6)8-2;/h7-11,13-16H,1-6H3;9,14H,7-8H2,1-6H3;/q-1;;. The van der Waals surface area contributed by atoms with Gasteiger partial charge in [0.1, 0.15) is 12.1 Å². The third-order valence-corrected chi connectivity index (χ3v) is 8.82. The van der Waals surface area contributed by atoms with Crippen LogP contribution in [0.25, 0.3) is 32.9 Å². The topological polar surface area (TPSA) is 63.1 Å². The second kappa shape index (κ2) is 14.5. The fourth-order valence-electron chi connectivity index (χ4n) is 4.77. The predicted octanol–water partition coefficient (Wildman–Crippen LogP) is 10.8. The second-order valence-electron chi connectivity index (χ2n) is 14.4. The van der Waals surface area contributed by atoms with Crippen LogP contribution in [-0.2, 0) is 30.3 Å². The Labute approximate surface area is 279 Å². The van der Waals surface area contributed by atoms with E-state index in [1.54, 1.807) is 6.33 Å². The molecule has 0 aliphatic carbocycles. The minimum Gasteiger partial charge on any atom is -0.512 e. The summed E-state index contributed by atoms with van der Waals surface area (Å²) in [6, 6.07) is 18.8. The molecular formula is C39H51IrN2O2-. The summed E-state index contributed by atoms with van der Waals surface area (Å²) >= 11 is 0. The van der Waals surface area contributed by atoms with Crippen molar-refractivity contribution in [1.29, 1.82) is 0 Å². The molecule has 3 aromatic carbocycles. The number of benzene rings is 3. The summed E-state index contributed by atoms with van der Waals surface area (Å²) < 4.78 is 0. The van der Waals surface area contributed by atoms with Crippen molar-refractivity contribution < 1.29 is 30.0 Å². The molecule has 1 radical (unpaired) electrons. The first-order valence-corrected chi connectivity index (χ1v) is 15.6. The molecule has 0 bridgehead atoms. The Morgan fingerprint density at radius 1 is 0.932 bits per heavy atom. The van der Waals surface area contributed by atoms with Crippen LogP contribution in [-0.4, -0.2) is 20.9 Å². The minimum absolute atomic E-state index is 0. The number of fused-ring (bicyclic) bond motifs is 3. The number of hydrogen-bond acceptors (Lipinski definition) is 4. The Morgan fingerprint density at radius 3 is 2.14 bits per heavy atom. The van der Waals surface area contributed by atoms with Crippen LogP contribution in [0, 0.1) is 23.8 Å².